The predicted molar refractivity (Wildman–Crippen MR) is 95.6 cm³/mol. The maximum absolute atomic E-state index is 5.75. The Labute approximate surface area is 150 Å². The van der Waals surface area contributed by atoms with E-state index in [-0.39, 0.29) is 0 Å². The van der Waals surface area contributed by atoms with E-state index < -0.39 is 0 Å². The van der Waals surface area contributed by atoms with Gasteiger partial charge in [-0.2, -0.15) is 0 Å². The summed E-state index contributed by atoms with van der Waals surface area (Å²) in [5, 5.41) is 9.45. The van der Waals surface area contributed by atoms with E-state index in [1.165, 1.54) is 23.7 Å². The quantitative estimate of drug-likeness (QED) is 0.387. The minimum Gasteiger partial charge on any atom is -0.411 e. The van der Waals surface area contributed by atoms with E-state index in [0.717, 1.165) is 19.6 Å². The van der Waals surface area contributed by atoms with E-state index in [1.54, 1.807) is 23.1 Å². The van der Waals surface area contributed by atoms with Gasteiger partial charge in [0.15, 0.2) is 9.99 Å². The average molecular weight is 373 g/mol. The van der Waals surface area contributed by atoms with Gasteiger partial charge in [0.05, 0.1) is 0 Å². The van der Waals surface area contributed by atoms with Gasteiger partial charge in [0.25, 0.3) is 5.22 Å². The second kappa shape index (κ2) is 6.50. The van der Waals surface area contributed by atoms with E-state index in [4.69, 9.17) is 4.42 Å². The van der Waals surface area contributed by atoms with E-state index in [0.29, 0.717) is 16.8 Å². The number of hydrogen-bond donors (Lipinski definition) is 0. The molecule has 4 rings (SSSR count). The van der Waals surface area contributed by atoms with Gasteiger partial charge in [-0.1, -0.05) is 29.5 Å². The molecule has 0 aliphatic carbocycles. The lowest BCUT2D eigenvalue weighted by Gasteiger charge is -1.96. The molecule has 0 atom stereocenters. The summed E-state index contributed by atoms with van der Waals surface area (Å²) < 4.78 is 7.64. The van der Waals surface area contributed by atoms with Gasteiger partial charge in [-0.3, -0.25) is 0 Å². The molecule has 9 heteroatoms. The van der Waals surface area contributed by atoms with Crippen molar-refractivity contribution in [1.82, 2.24) is 25.1 Å². The zero-order valence-electron chi connectivity index (χ0n) is 12.8. The SMILES string of the molecule is CSc1nc2ncnc(Sc3nnc(-c4ccc(C)cc4)o3)c2s1. The van der Waals surface area contributed by atoms with E-state index in [1.807, 2.05) is 37.4 Å². The molecular weight excluding hydrogens is 362 g/mol. The van der Waals surface area contributed by atoms with Gasteiger partial charge < -0.3 is 4.42 Å². The third-order valence-corrected chi connectivity index (χ3v) is 6.21. The highest BCUT2D eigenvalue weighted by molar-refractivity contribution is 8.00. The third kappa shape index (κ3) is 3.02. The number of thioether (sulfide) groups is 1. The van der Waals surface area contributed by atoms with Crippen LogP contribution in [0.1, 0.15) is 5.56 Å². The summed E-state index contributed by atoms with van der Waals surface area (Å²) in [5.41, 5.74) is 2.78. The number of rotatable bonds is 4. The summed E-state index contributed by atoms with van der Waals surface area (Å²) in [7, 11) is 0. The number of thiazole rings is 1. The molecule has 1 aromatic carbocycles. The molecular formula is C15H11N5OS3. The lowest BCUT2D eigenvalue weighted by Crippen LogP contribution is -1.84. The lowest BCUT2D eigenvalue weighted by molar-refractivity contribution is 0.465. The fourth-order valence-electron chi connectivity index (χ4n) is 2.02. The van der Waals surface area contributed by atoms with Crippen molar-refractivity contribution < 1.29 is 4.42 Å². The van der Waals surface area contributed by atoms with Crippen LogP contribution in [0.5, 0.6) is 0 Å². The van der Waals surface area contributed by atoms with Crippen LogP contribution in [-0.4, -0.2) is 31.4 Å². The van der Waals surface area contributed by atoms with Crippen molar-refractivity contribution in [2.75, 3.05) is 6.26 Å². The number of hydrogen-bond acceptors (Lipinski definition) is 9. The van der Waals surface area contributed by atoms with Gasteiger partial charge in [-0.15, -0.1) is 21.5 Å². The van der Waals surface area contributed by atoms with Crippen LogP contribution in [0, 0.1) is 6.92 Å². The van der Waals surface area contributed by atoms with Crippen LogP contribution >= 0.6 is 34.9 Å². The minimum atomic E-state index is 0.449. The Morgan fingerprint density at radius 3 is 2.71 bits per heavy atom. The number of fused-ring (bicyclic) bond motifs is 1. The van der Waals surface area contributed by atoms with Crippen molar-refractivity contribution in [1.29, 1.82) is 0 Å². The second-order valence-corrected chi connectivity index (χ2v) is 7.85. The first-order valence-electron chi connectivity index (χ1n) is 6.97. The van der Waals surface area contributed by atoms with Crippen LogP contribution in [-0.2, 0) is 0 Å². The Morgan fingerprint density at radius 2 is 1.92 bits per heavy atom. The fraction of sp³-hybridized carbons (Fsp3) is 0.133. The number of aryl methyl sites for hydroxylation is 1. The normalized spacial score (nSPS) is 11.2. The molecule has 0 amide bonds. The predicted octanol–water partition coefficient (Wildman–Crippen LogP) is 4.32. The standard InChI is InChI=1S/C15H11N5OS3/c1-8-3-5-9(6-4-8)12-19-20-14(21-12)24-13-10-11(16-7-17-13)18-15(22-2)23-10/h3-7H,1-2H3. The number of nitrogens with zero attached hydrogens (tertiary/aromatic N) is 5. The summed E-state index contributed by atoms with van der Waals surface area (Å²) in [6.45, 7) is 2.04. The molecule has 24 heavy (non-hydrogen) atoms. The van der Waals surface area contributed by atoms with Crippen LogP contribution in [0.25, 0.3) is 21.8 Å². The first kappa shape index (κ1) is 15.6. The van der Waals surface area contributed by atoms with Gasteiger partial charge in [0.1, 0.15) is 16.1 Å². The summed E-state index contributed by atoms with van der Waals surface area (Å²) in [6.07, 6.45) is 3.50. The van der Waals surface area contributed by atoms with Gasteiger partial charge in [0.2, 0.25) is 5.89 Å². The summed E-state index contributed by atoms with van der Waals surface area (Å²) in [6, 6.07) is 7.96. The van der Waals surface area contributed by atoms with Crippen LogP contribution in [0.2, 0.25) is 0 Å². The topological polar surface area (TPSA) is 77.6 Å². The average Bonchev–Trinajstić information content (AvgIpc) is 3.22. The van der Waals surface area contributed by atoms with Crippen LogP contribution in [0.4, 0.5) is 0 Å². The molecule has 0 aliphatic heterocycles. The highest BCUT2D eigenvalue weighted by Gasteiger charge is 2.15. The third-order valence-electron chi connectivity index (χ3n) is 3.20. The Balaban J connectivity index is 1.64. The molecule has 3 heterocycles. The number of aromatic nitrogens is 5. The monoisotopic (exact) mass is 373 g/mol. The van der Waals surface area contributed by atoms with E-state index in [2.05, 4.69) is 25.1 Å². The van der Waals surface area contributed by atoms with E-state index in [9.17, 15) is 0 Å². The maximum Gasteiger partial charge on any atom is 0.283 e. The molecule has 6 nitrogen and oxygen atoms in total. The molecule has 4 aromatic rings. The molecule has 0 N–H and O–H groups in total. The number of benzene rings is 1. The molecule has 0 unspecified atom stereocenters. The first-order chi connectivity index (χ1) is 11.7. The smallest absolute Gasteiger partial charge is 0.283 e. The van der Waals surface area contributed by atoms with Crippen molar-refractivity contribution in [2.24, 2.45) is 0 Å². The summed E-state index contributed by atoms with van der Waals surface area (Å²) in [5.74, 6) is 0.497. The molecule has 0 fully saturated rings. The second-order valence-electron chi connectivity index (χ2n) is 4.86. The summed E-state index contributed by atoms with van der Waals surface area (Å²) >= 11 is 4.48. The first-order valence-corrected chi connectivity index (χ1v) is 9.82. The van der Waals surface area contributed by atoms with Crippen LogP contribution < -0.4 is 0 Å². The Kier molecular flexibility index (Phi) is 4.21. The highest BCUT2D eigenvalue weighted by atomic mass is 32.2. The molecule has 120 valence electrons. The van der Waals surface area contributed by atoms with Crippen molar-refractivity contribution in [3.63, 3.8) is 0 Å². The largest absolute Gasteiger partial charge is 0.411 e. The van der Waals surface area contributed by atoms with E-state index >= 15 is 0 Å². The zero-order valence-corrected chi connectivity index (χ0v) is 15.2. The van der Waals surface area contributed by atoms with Crippen molar-refractivity contribution in [3.8, 4) is 11.5 Å². The van der Waals surface area contributed by atoms with Gasteiger partial charge in [-0.25, -0.2) is 15.0 Å². The van der Waals surface area contributed by atoms with Crippen molar-refractivity contribution in [2.45, 2.75) is 21.5 Å². The van der Waals surface area contributed by atoms with Gasteiger partial charge in [0, 0.05) is 5.56 Å². The fourth-order valence-corrected chi connectivity index (χ4v) is 4.32. The van der Waals surface area contributed by atoms with Crippen LogP contribution in [0.15, 0.2) is 49.6 Å². The molecule has 0 bridgehead atoms. The highest BCUT2D eigenvalue weighted by Crippen LogP contribution is 2.36. The Morgan fingerprint density at radius 1 is 1.08 bits per heavy atom. The Bertz CT molecular complexity index is 996. The molecule has 0 aliphatic rings. The Hall–Kier alpha value is -1.97. The summed E-state index contributed by atoms with van der Waals surface area (Å²) in [4.78, 5) is 13.0. The van der Waals surface area contributed by atoms with Crippen molar-refractivity contribution in [3.05, 3.63) is 36.2 Å². The van der Waals surface area contributed by atoms with Crippen molar-refractivity contribution >= 4 is 45.2 Å². The van der Waals surface area contributed by atoms with Gasteiger partial charge >= 0.3 is 0 Å². The molecule has 0 saturated heterocycles. The molecule has 0 radical (unpaired) electrons. The molecule has 0 spiro atoms. The zero-order chi connectivity index (χ0) is 16.5. The van der Waals surface area contributed by atoms with Crippen LogP contribution in [0.3, 0.4) is 0 Å². The minimum absolute atomic E-state index is 0.449. The lowest BCUT2D eigenvalue weighted by atomic mass is 10.1. The van der Waals surface area contributed by atoms with Gasteiger partial charge in [-0.05, 0) is 37.1 Å². The molecule has 3 aromatic heterocycles. The maximum atomic E-state index is 5.75. The molecule has 0 saturated carbocycles.